The van der Waals surface area contributed by atoms with Crippen LogP contribution in [0, 0.1) is 17.7 Å². The van der Waals surface area contributed by atoms with Crippen LogP contribution in [0.4, 0.5) is 14.9 Å². The first-order chi connectivity index (χ1) is 24.9. The number of piperazine rings is 1. The van der Waals surface area contributed by atoms with E-state index >= 15 is 4.39 Å². The lowest BCUT2D eigenvalue weighted by atomic mass is 9.86. The molecule has 0 spiro atoms. The molecule has 0 aromatic heterocycles. The Hall–Kier alpha value is -3.29. The molecule has 1 aromatic rings. The number of anilines is 1. The van der Waals surface area contributed by atoms with E-state index in [2.05, 4.69) is 20.0 Å². The Morgan fingerprint density at radius 2 is 1.48 bits per heavy atom. The van der Waals surface area contributed by atoms with Crippen LogP contribution >= 0.6 is 0 Å². The van der Waals surface area contributed by atoms with E-state index in [0.29, 0.717) is 41.7 Å². The summed E-state index contributed by atoms with van der Waals surface area (Å²) in [6.07, 6.45) is 8.00. The van der Waals surface area contributed by atoms with Crippen molar-refractivity contribution in [3.05, 3.63) is 29.1 Å². The maximum absolute atomic E-state index is 15.9. The molecule has 0 bridgehead atoms. The van der Waals surface area contributed by atoms with Gasteiger partial charge in [0, 0.05) is 83.0 Å². The number of benzene rings is 1. The fourth-order valence-corrected chi connectivity index (χ4v) is 9.15. The van der Waals surface area contributed by atoms with Gasteiger partial charge in [-0.1, -0.05) is 0 Å². The van der Waals surface area contributed by atoms with Gasteiger partial charge in [0.1, 0.15) is 11.6 Å². The maximum atomic E-state index is 15.9. The van der Waals surface area contributed by atoms with Crippen LogP contribution in [0.15, 0.2) is 12.1 Å². The summed E-state index contributed by atoms with van der Waals surface area (Å²) in [5.74, 6) is -0.342. The predicted molar refractivity (Wildman–Crippen MR) is 193 cm³/mol. The summed E-state index contributed by atoms with van der Waals surface area (Å²) in [6, 6.07) is 2.62. The van der Waals surface area contributed by atoms with Crippen molar-refractivity contribution in [2.45, 2.75) is 109 Å². The lowest BCUT2D eigenvalue weighted by Crippen LogP contribution is -2.52. The van der Waals surface area contributed by atoms with Gasteiger partial charge in [-0.05, 0) is 96.1 Å². The molecular weight excluding hydrogens is 667 g/mol. The number of rotatable bonds is 8. The highest BCUT2D eigenvalue weighted by atomic mass is 19.1. The van der Waals surface area contributed by atoms with E-state index in [1.807, 2.05) is 25.7 Å². The monoisotopic (exact) mass is 724 g/mol. The van der Waals surface area contributed by atoms with Gasteiger partial charge in [0.25, 0.3) is 5.91 Å². The number of nitrogens with one attached hydrogen (secondary N) is 1. The molecule has 1 unspecified atom stereocenters. The number of likely N-dealkylation sites (tertiary alicyclic amines) is 1. The van der Waals surface area contributed by atoms with Crippen LogP contribution in [0.5, 0.6) is 0 Å². The fraction of sp³-hybridized carbons (Fsp3) is 0.744. The quantitative estimate of drug-likeness (QED) is 0.398. The molecule has 2 atom stereocenters. The van der Waals surface area contributed by atoms with Crippen LogP contribution < -0.4 is 10.2 Å². The lowest BCUT2D eigenvalue weighted by Gasteiger charge is -2.40. The van der Waals surface area contributed by atoms with E-state index in [1.54, 1.807) is 12.1 Å². The summed E-state index contributed by atoms with van der Waals surface area (Å²) in [4.78, 5) is 60.1. The van der Waals surface area contributed by atoms with Crippen molar-refractivity contribution in [1.29, 1.82) is 0 Å². The highest BCUT2D eigenvalue weighted by molar-refractivity contribution is 6.05. The summed E-state index contributed by atoms with van der Waals surface area (Å²) >= 11 is 0. The summed E-state index contributed by atoms with van der Waals surface area (Å²) < 4.78 is 28.0. The molecule has 5 heterocycles. The van der Waals surface area contributed by atoms with Gasteiger partial charge in [0.05, 0.1) is 24.4 Å². The zero-order chi connectivity index (χ0) is 36.6. The number of piperidine rings is 2. The van der Waals surface area contributed by atoms with E-state index in [0.717, 1.165) is 84.5 Å². The van der Waals surface area contributed by atoms with Crippen molar-refractivity contribution >= 4 is 29.5 Å². The van der Waals surface area contributed by atoms with Gasteiger partial charge in [-0.3, -0.25) is 19.7 Å². The van der Waals surface area contributed by atoms with Crippen LogP contribution in [0.25, 0.3) is 0 Å². The summed E-state index contributed by atoms with van der Waals surface area (Å²) in [7, 11) is 0. The van der Waals surface area contributed by atoms with Gasteiger partial charge in [-0.15, -0.1) is 0 Å². The van der Waals surface area contributed by atoms with Gasteiger partial charge < -0.3 is 34.0 Å². The standard InChI is InChI=1S/C39H57FN6O6/c1-39(2,3)52-38(50)45-15-12-27(24-45)23-43-20-18-42(19-21-43)22-26-4-6-28(7-5-26)51-29-13-16-44(17-14-29)32-9-8-30-31(35(32)40)25-46(37(30)49)33-10-11-34(47)41-36(33)48/h8-9,26-29,33H,4-7,10-25H2,1-3H3,(H,41,47,48)/t26-,27-,28-,33?/m1/s1. The van der Waals surface area contributed by atoms with Crippen LogP contribution in [-0.2, 0) is 25.6 Å². The van der Waals surface area contributed by atoms with Crippen molar-refractivity contribution in [2.24, 2.45) is 11.8 Å². The minimum atomic E-state index is -0.756. The molecule has 0 radical (unpaired) electrons. The Morgan fingerprint density at radius 3 is 2.13 bits per heavy atom. The van der Waals surface area contributed by atoms with E-state index in [-0.39, 0.29) is 55.3 Å². The molecule has 1 aliphatic carbocycles. The molecule has 4 amide bonds. The zero-order valence-electron chi connectivity index (χ0n) is 31.2. The molecule has 7 rings (SSSR count). The normalized spacial score (nSPS) is 28.4. The number of hydrogen-bond acceptors (Lipinski definition) is 9. The molecule has 6 aliphatic rings. The van der Waals surface area contributed by atoms with Crippen LogP contribution in [-0.4, -0.2) is 133 Å². The van der Waals surface area contributed by atoms with Crippen molar-refractivity contribution in [3.63, 3.8) is 0 Å². The van der Waals surface area contributed by atoms with Gasteiger partial charge >= 0.3 is 6.09 Å². The largest absolute Gasteiger partial charge is 0.444 e. The average molecular weight is 725 g/mol. The predicted octanol–water partition coefficient (Wildman–Crippen LogP) is 4.01. The highest BCUT2D eigenvalue weighted by Crippen LogP contribution is 2.36. The van der Waals surface area contributed by atoms with Crippen LogP contribution in [0.2, 0.25) is 0 Å². The summed E-state index contributed by atoms with van der Waals surface area (Å²) in [5, 5.41) is 2.30. The molecule has 4 saturated heterocycles. The second kappa shape index (κ2) is 15.6. The van der Waals surface area contributed by atoms with Gasteiger partial charge in [0.15, 0.2) is 5.82 Å². The molecule has 5 fully saturated rings. The second-order valence-electron chi connectivity index (χ2n) is 17.0. The Kier molecular flexibility index (Phi) is 11.1. The third-order valence-electron chi connectivity index (χ3n) is 12.0. The Labute approximate surface area is 307 Å². The number of amides is 4. The number of ether oxygens (including phenoxy) is 2. The van der Waals surface area contributed by atoms with E-state index in [4.69, 9.17) is 9.47 Å². The first kappa shape index (κ1) is 37.0. The smallest absolute Gasteiger partial charge is 0.410 e. The molecule has 5 aliphatic heterocycles. The van der Waals surface area contributed by atoms with Gasteiger partial charge in [0.2, 0.25) is 11.8 Å². The average Bonchev–Trinajstić information content (AvgIpc) is 3.71. The Balaban J connectivity index is 0.793. The molecule has 52 heavy (non-hydrogen) atoms. The third kappa shape index (κ3) is 8.57. The van der Waals surface area contributed by atoms with Gasteiger partial charge in [-0.2, -0.15) is 0 Å². The van der Waals surface area contributed by atoms with Crippen molar-refractivity contribution in [2.75, 3.05) is 70.3 Å². The van der Waals surface area contributed by atoms with Crippen molar-refractivity contribution < 1.29 is 33.0 Å². The molecule has 1 N–H and O–H groups in total. The third-order valence-corrected chi connectivity index (χ3v) is 12.0. The number of carbonyl (C=O) groups is 4. The number of carbonyl (C=O) groups excluding carboxylic acids is 4. The number of imide groups is 1. The molecule has 12 nitrogen and oxygen atoms in total. The minimum absolute atomic E-state index is 0.0384. The Morgan fingerprint density at radius 1 is 0.827 bits per heavy atom. The second-order valence-corrected chi connectivity index (χ2v) is 17.0. The number of nitrogens with zero attached hydrogens (tertiary/aromatic N) is 5. The first-order valence-corrected chi connectivity index (χ1v) is 19.7. The minimum Gasteiger partial charge on any atom is -0.444 e. The topological polar surface area (TPSA) is 115 Å². The highest BCUT2D eigenvalue weighted by Gasteiger charge is 2.41. The van der Waals surface area contributed by atoms with Crippen molar-refractivity contribution in [3.8, 4) is 0 Å². The number of hydrogen-bond donors (Lipinski definition) is 1. The maximum Gasteiger partial charge on any atom is 0.410 e. The molecule has 1 saturated carbocycles. The van der Waals surface area contributed by atoms with E-state index < -0.39 is 17.6 Å². The fourth-order valence-electron chi connectivity index (χ4n) is 9.15. The first-order valence-electron chi connectivity index (χ1n) is 19.7. The zero-order valence-corrected chi connectivity index (χ0v) is 31.2. The Bertz CT molecular complexity index is 1490. The SMILES string of the molecule is CC(C)(C)OC(=O)N1CC[C@H](CN2CCN(C[C@H]3CC[C@H](OC4CCN(c5ccc6c(c5F)CN(C5CCC(=O)NC5=O)C6=O)CC4)CC3)CC2)C1. The molecule has 13 heteroatoms. The number of fused-ring (bicyclic) bond motifs is 1. The summed E-state index contributed by atoms with van der Waals surface area (Å²) in [5.41, 5.74) is 0.682. The van der Waals surface area contributed by atoms with E-state index in [1.165, 1.54) is 17.7 Å². The van der Waals surface area contributed by atoms with Crippen molar-refractivity contribution in [1.82, 2.24) is 24.9 Å². The molecular formula is C39H57FN6O6. The van der Waals surface area contributed by atoms with Crippen LogP contribution in [0.1, 0.15) is 94.5 Å². The number of halogens is 1. The van der Waals surface area contributed by atoms with Gasteiger partial charge in [-0.25, -0.2) is 9.18 Å². The molecule has 286 valence electrons. The van der Waals surface area contributed by atoms with Crippen LogP contribution in [0.3, 0.4) is 0 Å². The molecule has 1 aromatic carbocycles. The van der Waals surface area contributed by atoms with E-state index in [9.17, 15) is 19.2 Å². The lowest BCUT2D eigenvalue weighted by molar-refractivity contribution is -0.136. The summed E-state index contributed by atoms with van der Waals surface area (Å²) in [6.45, 7) is 15.4.